The number of sulfonamides is 1. The first-order valence-corrected chi connectivity index (χ1v) is 7.11. The van der Waals surface area contributed by atoms with E-state index in [4.69, 9.17) is 4.84 Å². The van der Waals surface area contributed by atoms with Crippen LogP contribution < -0.4 is 0 Å². The smallest absolute Gasteiger partial charge is 0.246 e. The van der Waals surface area contributed by atoms with Gasteiger partial charge < -0.3 is 0 Å². The Labute approximate surface area is 86.4 Å². The van der Waals surface area contributed by atoms with Crippen LogP contribution in [0.4, 0.5) is 0 Å². The van der Waals surface area contributed by atoms with Crippen LogP contribution in [0.3, 0.4) is 0 Å². The molecule has 2 aliphatic heterocycles. The highest BCUT2D eigenvalue weighted by atomic mass is 79.9. The fraction of sp³-hybridized carbons (Fsp3) is 1.00. The number of hydrogen-bond acceptors (Lipinski definition) is 3. The van der Waals surface area contributed by atoms with Crippen molar-refractivity contribution < 1.29 is 13.3 Å². The molecule has 0 radical (unpaired) electrons. The molecule has 1 aliphatic carbocycles. The molecule has 3 aliphatic rings. The molecule has 2 bridgehead atoms. The molecule has 2 heterocycles. The molecule has 3 rings (SSSR count). The van der Waals surface area contributed by atoms with Crippen molar-refractivity contribution >= 4 is 26.0 Å². The summed E-state index contributed by atoms with van der Waals surface area (Å²) in [5.41, 5.74) is 0. The van der Waals surface area contributed by atoms with E-state index in [1.807, 2.05) is 0 Å². The Balaban J connectivity index is 2.18. The first-order chi connectivity index (χ1) is 6.13. The standard InChI is InChI=1S/C7H12BrNO3S/c8-5-13(10,11)9-6-1-3-7(12-9)4-2-6/h6-7H,1-5H2. The van der Waals surface area contributed by atoms with Crippen molar-refractivity contribution in [1.29, 1.82) is 0 Å². The van der Waals surface area contributed by atoms with E-state index in [1.165, 1.54) is 4.47 Å². The van der Waals surface area contributed by atoms with Gasteiger partial charge in [0.05, 0.1) is 12.1 Å². The molecule has 0 aromatic heterocycles. The van der Waals surface area contributed by atoms with Gasteiger partial charge in [0.25, 0.3) is 0 Å². The van der Waals surface area contributed by atoms with Crippen molar-refractivity contribution in [3.05, 3.63) is 0 Å². The van der Waals surface area contributed by atoms with E-state index >= 15 is 0 Å². The second kappa shape index (κ2) is 3.49. The van der Waals surface area contributed by atoms with Crippen molar-refractivity contribution in [3.63, 3.8) is 0 Å². The van der Waals surface area contributed by atoms with Crippen LogP contribution in [0.15, 0.2) is 0 Å². The molecule has 4 nitrogen and oxygen atoms in total. The summed E-state index contributed by atoms with van der Waals surface area (Å²) < 4.78 is 24.2. The van der Waals surface area contributed by atoms with Crippen molar-refractivity contribution in [2.45, 2.75) is 37.8 Å². The van der Waals surface area contributed by atoms with Crippen molar-refractivity contribution in [3.8, 4) is 0 Å². The second-order valence-electron chi connectivity index (χ2n) is 3.51. The molecular weight excluding hydrogens is 258 g/mol. The number of nitrogens with zero attached hydrogens (tertiary/aromatic N) is 1. The number of halogens is 1. The maximum atomic E-state index is 11.5. The van der Waals surface area contributed by atoms with Gasteiger partial charge >= 0.3 is 0 Å². The van der Waals surface area contributed by atoms with E-state index in [0.717, 1.165) is 25.7 Å². The van der Waals surface area contributed by atoms with Gasteiger partial charge in [-0.15, -0.1) is 0 Å². The second-order valence-corrected chi connectivity index (χ2v) is 6.63. The molecule has 0 aromatic carbocycles. The third-order valence-corrected chi connectivity index (χ3v) is 5.55. The fourth-order valence-electron chi connectivity index (χ4n) is 1.94. The summed E-state index contributed by atoms with van der Waals surface area (Å²) in [6, 6.07) is 0.0764. The van der Waals surface area contributed by atoms with Crippen LogP contribution in [-0.4, -0.2) is 29.7 Å². The molecule has 0 aromatic rings. The van der Waals surface area contributed by atoms with Gasteiger partial charge in [0.1, 0.15) is 4.66 Å². The minimum absolute atomic E-state index is 0.0524. The molecule has 3 fully saturated rings. The summed E-state index contributed by atoms with van der Waals surface area (Å²) in [5.74, 6) is 0. The van der Waals surface area contributed by atoms with Crippen LogP contribution in [0.25, 0.3) is 0 Å². The topological polar surface area (TPSA) is 46.6 Å². The van der Waals surface area contributed by atoms with E-state index in [9.17, 15) is 8.42 Å². The Morgan fingerprint density at radius 1 is 1.31 bits per heavy atom. The number of fused-ring (bicyclic) bond motifs is 3. The first-order valence-electron chi connectivity index (χ1n) is 4.38. The summed E-state index contributed by atoms with van der Waals surface area (Å²) >= 11 is 2.97. The highest BCUT2D eigenvalue weighted by Crippen LogP contribution is 2.34. The SMILES string of the molecule is O=S(=O)(CBr)N1OC2CCC1CC2. The van der Waals surface area contributed by atoms with Gasteiger partial charge in [-0.3, -0.25) is 4.84 Å². The summed E-state index contributed by atoms with van der Waals surface area (Å²) in [4.78, 5) is 5.36. The Bertz CT molecular complexity index is 284. The van der Waals surface area contributed by atoms with Gasteiger partial charge in [-0.1, -0.05) is 20.4 Å². The normalized spacial score (nSPS) is 35.2. The van der Waals surface area contributed by atoms with Gasteiger partial charge in [0, 0.05) is 0 Å². The Kier molecular flexibility index (Phi) is 2.65. The van der Waals surface area contributed by atoms with Crippen LogP contribution in [0.2, 0.25) is 0 Å². The zero-order chi connectivity index (χ0) is 9.47. The third kappa shape index (κ3) is 1.77. The van der Waals surface area contributed by atoms with E-state index in [-0.39, 0.29) is 16.8 Å². The molecule has 0 amide bonds. The average molecular weight is 270 g/mol. The van der Waals surface area contributed by atoms with Crippen LogP contribution in [0.5, 0.6) is 0 Å². The number of hydroxylamine groups is 1. The minimum Gasteiger partial charge on any atom is -0.281 e. The lowest BCUT2D eigenvalue weighted by atomic mass is 9.92. The molecule has 0 atom stereocenters. The molecule has 1 saturated carbocycles. The Hall–Kier alpha value is 0.350. The lowest BCUT2D eigenvalue weighted by Gasteiger charge is -2.42. The predicted octanol–water partition coefficient (Wildman–Crippen LogP) is 1.23. The maximum Gasteiger partial charge on any atom is 0.246 e. The van der Waals surface area contributed by atoms with Crippen LogP contribution in [0.1, 0.15) is 25.7 Å². The molecule has 0 unspecified atom stereocenters. The van der Waals surface area contributed by atoms with E-state index in [0.29, 0.717) is 0 Å². The molecular formula is C7H12BrNO3S. The quantitative estimate of drug-likeness (QED) is 0.709. The van der Waals surface area contributed by atoms with Crippen molar-refractivity contribution in [1.82, 2.24) is 4.47 Å². The zero-order valence-electron chi connectivity index (χ0n) is 7.15. The third-order valence-electron chi connectivity index (χ3n) is 2.61. The fourth-order valence-corrected chi connectivity index (χ4v) is 3.55. The van der Waals surface area contributed by atoms with Gasteiger partial charge in [-0.2, -0.15) is 0 Å². The van der Waals surface area contributed by atoms with Crippen LogP contribution in [0, 0.1) is 0 Å². The molecule has 2 saturated heterocycles. The van der Waals surface area contributed by atoms with Gasteiger partial charge in [-0.05, 0) is 25.7 Å². The molecule has 0 spiro atoms. The predicted molar refractivity (Wildman–Crippen MR) is 51.7 cm³/mol. The maximum absolute atomic E-state index is 11.5. The minimum atomic E-state index is -3.22. The van der Waals surface area contributed by atoms with E-state index < -0.39 is 10.0 Å². The van der Waals surface area contributed by atoms with Gasteiger partial charge in [0.2, 0.25) is 10.0 Å². The average Bonchev–Trinajstić information content (AvgIpc) is 2.19. The number of hydrogen-bond donors (Lipinski definition) is 0. The largest absolute Gasteiger partial charge is 0.281 e. The number of alkyl halides is 1. The summed E-state index contributed by atoms with van der Waals surface area (Å²) in [5, 5.41) is 0. The summed E-state index contributed by atoms with van der Waals surface area (Å²) in [6.45, 7) is 0. The lowest BCUT2D eigenvalue weighted by molar-refractivity contribution is -0.217. The van der Waals surface area contributed by atoms with Gasteiger partial charge in [0.15, 0.2) is 0 Å². The molecule has 13 heavy (non-hydrogen) atoms. The first kappa shape index (κ1) is 9.89. The van der Waals surface area contributed by atoms with Crippen molar-refractivity contribution in [2.75, 3.05) is 4.66 Å². The highest BCUT2D eigenvalue weighted by molar-refractivity contribution is 9.10. The highest BCUT2D eigenvalue weighted by Gasteiger charge is 2.41. The molecule has 76 valence electrons. The van der Waals surface area contributed by atoms with E-state index in [2.05, 4.69) is 15.9 Å². The van der Waals surface area contributed by atoms with Crippen LogP contribution >= 0.6 is 15.9 Å². The summed E-state index contributed by atoms with van der Waals surface area (Å²) in [7, 11) is -3.22. The van der Waals surface area contributed by atoms with E-state index in [1.54, 1.807) is 0 Å². The zero-order valence-corrected chi connectivity index (χ0v) is 9.55. The summed E-state index contributed by atoms with van der Waals surface area (Å²) in [6.07, 6.45) is 4.00. The van der Waals surface area contributed by atoms with Crippen LogP contribution in [-0.2, 0) is 14.9 Å². The number of rotatable bonds is 2. The monoisotopic (exact) mass is 269 g/mol. The lowest BCUT2D eigenvalue weighted by Crippen LogP contribution is -2.51. The van der Waals surface area contributed by atoms with Crippen molar-refractivity contribution in [2.24, 2.45) is 0 Å². The molecule has 6 heteroatoms. The Morgan fingerprint density at radius 2 is 1.92 bits per heavy atom. The Morgan fingerprint density at radius 3 is 2.31 bits per heavy atom. The van der Waals surface area contributed by atoms with Gasteiger partial charge in [-0.25, -0.2) is 8.42 Å². The molecule has 0 N–H and O–H groups in total.